The second kappa shape index (κ2) is 7.27. The topological polar surface area (TPSA) is 91.7 Å². The van der Waals surface area contributed by atoms with E-state index in [1.807, 2.05) is 13.8 Å². The van der Waals surface area contributed by atoms with E-state index < -0.39 is 32.8 Å². The van der Waals surface area contributed by atoms with E-state index in [1.165, 1.54) is 0 Å². The van der Waals surface area contributed by atoms with Crippen LogP contribution in [0.1, 0.15) is 71.4 Å². The molecular weight excluding hydrogens is 448 g/mol. The first-order valence-corrected chi connectivity index (χ1v) is 14.2. The monoisotopic (exact) mass is 486 g/mol. The third kappa shape index (κ3) is 3.10. The van der Waals surface area contributed by atoms with Crippen molar-refractivity contribution in [3.8, 4) is 0 Å². The molecule has 4 bridgehead atoms. The number of carbonyl (C=O) groups excluding carboxylic acids is 1. The van der Waals surface area contributed by atoms with Crippen molar-refractivity contribution in [2.75, 3.05) is 5.75 Å². The van der Waals surface area contributed by atoms with Crippen LogP contribution in [0.15, 0.2) is 29.8 Å². The van der Waals surface area contributed by atoms with Gasteiger partial charge in [-0.3, -0.25) is 9.35 Å². The van der Waals surface area contributed by atoms with E-state index in [-0.39, 0.29) is 28.4 Å². The van der Waals surface area contributed by atoms with Gasteiger partial charge >= 0.3 is 0 Å². The molecule has 0 amide bonds. The Kier molecular flexibility index (Phi) is 5.17. The maximum atomic E-state index is 13.5. The first-order valence-electron chi connectivity index (χ1n) is 12.6. The first kappa shape index (κ1) is 24.2. The van der Waals surface area contributed by atoms with Crippen LogP contribution in [-0.2, 0) is 21.3 Å². The smallest absolute Gasteiger partial charge is 0.265 e. The van der Waals surface area contributed by atoms with Gasteiger partial charge < -0.3 is 5.11 Å². The molecule has 6 heteroatoms. The number of carbonyl (C=O) groups is 1. The number of ketones is 1. The lowest BCUT2D eigenvalue weighted by atomic mass is 9.70. The lowest BCUT2D eigenvalue weighted by Crippen LogP contribution is -2.43. The van der Waals surface area contributed by atoms with Crippen molar-refractivity contribution < 1.29 is 22.9 Å². The highest BCUT2D eigenvalue weighted by atomic mass is 32.2. The summed E-state index contributed by atoms with van der Waals surface area (Å²) in [5.74, 6) is -0.166. The molecule has 0 saturated heterocycles. The van der Waals surface area contributed by atoms with Crippen molar-refractivity contribution in [3.63, 3.8) is 0 Å². The van der Waals surface area contributed by atoms with Crippen LogP contribution in [0.5, 0.6) is 0 Å². The third-order valence-corrected chi connectivity index (χ3v) is 12.0. The van der Waals surface area contributed by atoms with Gasteiger partial charge in [0.15, 0.2) is 0 Å². The van der Waals surface area contributed by atoms with Crippen LogP contribution in [0.2, 0.25) is 0 Å². The Hall–Kier alpha value is -1.50. The fourth-order valence-electron chi connectivity index (χ4n) is 8.53. The summed E-state index contributed by atoms with van der Waals surface area (Å²) in [6.07, 6.45) is 5.87. The van der Waals surface area contributed by atoms with Gasteiger partial charge in [-0.1, -0.05) is 65.0 Å². The summed E-state index contributed by atoms with van der Waals surface area (Å²) in [6, 6.07) is 8.24. The lowest BCUT2D eigenvalue weighted by Gasteiger charge is -2.36. The zero-order chi connectivity index (χ0) is 24.9. The molecule has 4 aliphatic rings. The molecule has 5 rings (SSSR count). The number of Topliss-reactive ketones (excluding diaryl/α,β-unsaturated/α-hetero) is 1. The molecule has 0 aromatic heterocycles. The van der Waals surface area contributed by atoms with Gasteiger partial charge in [0.05, 0.1) is 17.3 Å². The summed E-state index contributed by atoms with van der Waals surface area (Å²) >= 11 is 0. The summed E-state index contributed by atoms with van der Waals surface area (Å²) in [5.41, 5.74) is 1.85. The minimum absolute atomic E-state index is 0.00171. The average molecular weight is 487 g/mol. The molecule has 34 heavy (non-hydrogen) atoms. The average Bonchev–Trinajstić information content (AvgIpc) is 3.22. The van der Waals surface area contributed by atoms with E-state index in [4.69, 9.17) is 0 Å². The second-order valence-electron chi connectivity index (χ2n) is 12.9. The van der Waals surface area contributed by atoms with Crippen LogP contribution >= 0.6 is 0 Å². The molecule has 2 N–H and O–H groups in total. The SMILES string of the molecule is CC1(C)C2CCC1(CS(=O)(=O)O)C(=O)C2Cc1ccc(C=C2C3CCC(C)(C2O)C3(C)C)cc1. The van der Waals surface area contributed by atoms with Crippen LogP contribution in [0.3, 0.4) is 0 Å². The van der Waals surface area contributed by atoms with E-state index in [1.54, 1.807) is 0 Å². The summed E-state index contributed by atoms with van der Waals surface area (Å²) in [5, 5.41) is 11.1. The molecule has 4 saturated carbocycles. The summed E-state index contributed by atoms with van der Waals surface area (Å²) in [6.45, 7) is 10.8. The molecule has 4 fully saturated rings. The predicted octanol–water partition coefficient (Wildman–Crippen LogP) is 4.94. The van der Waals surface area contributed by atoms with Crippen LogP contribution < -0.4 is 0 Å². The molecule has 1 aromatic rings. The lowest BCUT2D eigenvalue weighted by molar-refractivity contribution is -0.131. The predicted molar refractivity (Wildman–Crippen MR) is 133 cm³/mol. The van der Waals surface area contributed by atoms with Crippen LogP contribution in [0, 0.1) is 39.4 Å². The van der Waals surface area contributed by atoms with Crippen molar-refractivity contribution in [3.05, 3.63) is 41.0 Å². The summed E-state index contributed by atoms with van der Waals surface area (Å²) < 4.78 is 33.1. The van der Waals surface area contributed by atoms with E-state index in [9.17, 15) is 22.9 Å². The molecule has 5 nitrogen and oxygen atoms in total. The molecule has 4 aliphatic carbocycles. The first-order chi connectivity index (χ1) is 15.6. The number of hydrogen-bond acceptors (Lipinski definition) is 4. The molecule has 6 unspecified atom stereocenters. The van der Waals surface area contributed by atoms with Crippen LogP contribution in [-0.4, -0.2) is 35.7 Å². The van der Waals surface area contributed by atoms with Gasteiger partial charge in [0.25, 0.3) is 10.1 Å². The fraction of sp³-hybridized carbons (Fsp3) is 0.679. The number of aliphatic hydroxyl groups is 1. The molecule has 0 radical (unpaired) electrons. The van der Waals surface area contributed by atoms with E-state index >= 15 is 0 Å². The summed E-state index contributed by atoms with van der Waals surface area (Å²) in [7, 11) is -4.24. The largest absolute Gasteiger partial charge is 0.388 e. The minimum Gasteiger partial charge on any atom is -0.388 e. The molecule has 0 heterocycles. The number of hydrogen-bond donors (Lipinski definition) is 2. The van der Waals surface area contributed by atoms with Gasteiger partial charge in [-0.25, -0.2) is 0 Å². The second-order valence-corrected chi connectivity index (χ2v) is 14.3. The van der Waals surface area contributed by atoms with Gasteiger partial charge in [0.1, 0.15) is 5.78 Å². The number of rotatable bonds is 5. The van der Waals surface area contributed by atoms with E-state index in [0.29, 0.717) is 18.8 Å². The number of aliphatic hydroxyl groups excluding tert-OH is 1. The van der Waals surface area contributed by atoms with Crippen molar-refractivity contribution in [1.82, 2.24) is 0 Å². The van der Waals surface area contributed by atoms with Crippen LogP contribution in [0.25, 0.3) is 6.08 Å². The van der Waals surface area contributed by atoms with Crippen molar-refractivity contribution in [2.45, 2.75) is 72.8 Å². The zero-order valence-electron chi connectivity index (χ0n) is 21.0. The van der Waals surface area contributed by atoms with Crippen molar-refractivity contribution in [1.29, 1.82) is 0 Å². The number of benzene rings is 1. The van der Waals surface area contributed by atoms with E-state index in [0.717, 1.165) is 36.0 Å². The third-order valence-electron chi connectivity index (χ3n) is 11.2. The van der Waals surface area contributed by atoms with Crippen LogP contribution in [0.4, 0.5) is 0 Å². The molecule has 186 valence electrons. The number of fused-ring (bicyclic) bond motifs is 4. The van der Waals surface area contributed by atoms with Gasteiger partial charge in [0, 0.05) is 11.3 Å². The molecular formula is C28H38O5S. The Bertz CT molecular complexity index is 1160. The highest BCUT2D eigenvalue weighted by Gasteiger charge is 2.69. The Morgan fingerprint density at radius 1 is 1.00 bits per heavy atom. The Morgan fingerprint density at radius 3 is 2.21 bits per heavy atom. The fourth-order valence-corrected chi connectivity index (χ4v) is 9.81. The van der Waals surface area contributed by atoms with Crippen molar-refractivity contribution in [2.24, 2.45) is 39.4 Å². The molecule has 0 spiro atoms. The summed E-state index contributed by atoms with van der Waals surface area (Å²) in [4.78, 5) is 13.5. The standard InChI is InChI=1S/C28H38O5S/c1-25(2)21-10-12-27(25,5)23(29)19(21)14-17-6-8-18(9-7-17)15-20-22-11-13-28(24(20)30,26(22,3)4)16-34(31,32)33/h6-9,14,20-23,29H,10-13,15-16H2,1-5H3,(H,31,32,33). The maximum Gasteiger partial charge on any atom is 0.265 e. The van der Waals surface area contributed by atoms with E-state index in [2.05, 4.69) is 51.1 Å². The molecule has 1 aromatic carbocycles. The Morgan fingerprint density at radius 2 is 1.65 bits per heavy atom. The Balaban J connectivity index is 1.36. The quantitative estimate of drug-likeness (QED) is 0.575. The highest BCUT2D eigenvalue weighted by molar-refractivity contribution is 7.85. The van der Waals surface area contributed by atoms with Gasteiger partial charge in [-0.2, -0.15) is 8.42 Å². The normalized spacial score (nSPS) is 41.0. The maximum absolute atomic E-state index is 13.5. The highest BCUT2D eigenvalue weighted by Crippen LogP contribution is 2.68. The van der Waals surface area contributed by atoms with Crippen molar-refractivity contribution >= 4 is 22.0 Å². The zero-order valence-corrected chi connectivity index (χ0v) is 21.8. The minimum atomic E-state index is -4.24. The molecule has 6 atom stereocenters. The van der Waals surface area contributed by atoms with Gasteiger partial charge in [-0.15, -0.1) is 0 Å². The van der Waals surface area contributed by atoms with Gasteiger partial charge in [0.2, 0.25) is 0 Å². The van der Waals surface area contributed by atoms with Gasteiger partial charge in [-0.05, 0) is 71.5 Å². The Labute approximate surface area is 203 Å². The molecule has 0 aliphatic heterocycles.